The number of rotatable bonds is 5. The fourth-order valence-electron chi connectivity index (χ4n) is 1.88. The lowest BCUT2D eigenvalue weighted by Gasteiger charge is -2.13. The number of amides is 1. The second-order valence-corrected chi connectivity index (χ2v) is 4.43. The third-order valence-corrected chi connectivity index (χ3v) is 2.94. The zero-order chi connectivity index (χ0) is 14.5. The van der Waals surface area contributed by atoms with Gasteiger partial charge in [0.1, 0.15) is 0 Å². The molecule has 1 aromatic carbocycles. The van der Waals surface area contributed by atoms with Gasteiger partial charge >= 0.3 is 0 Å². The topological polar surface area (TPSA) is 52.5 Å². The molecule has 0 bridgehead atoms. The maximum Gasteiger partial charge on any atom is 0.276 e. The number of carbonyl (C=O) groups excluding carboxylic acids is 1. The van der Waals surface area contributed by atoms with Crippen molar-refractivity contribution < 1.29 is 14.3 Å². The van der Waals surface area contributed by atoms with Gasteiger partial charge in [-0.2, -0.15) is 0 Å². The number of aryl methyl sites for hydroxylation is 2. The number of nitrogens with zero attached hydrogens (tertiary/aromatic N) is 1. The summed E-state index contributed by atoms with van der Waals surface area (Å²) in [5, 5.41) is 0. The molecule has 5 nitrogen and oxygen atoms in total. The molecule has 0 saturated heterocycles. The van der Waals surface area contributed by atoms with Gasteiger partial charge in [-0.05, 0) is 38.1 Å². The van der Waals surface area contributed by atoms with Crippen LogP contribution in [0.25, 0.3) is 0 Å². The van der Waals surface area contributed by atoms with E-state index in [9.17, 15) is 4.79 Å². The van der Waals surface area contributed by atoms with Crippen LogP contribution < -0.4 is 14.9 Å². The fraction of sp³-hybridized carbons (Fsp3) is 0.267. The number of aromatic nitrogens is 1. The Morgan fingerprint density at radius 2 is 1.70 bits per heavy atom. The van der Waals surface area contributed by atoms with Gasteiger partial charge in [-0.3, -0.25) is 14.9 Å². The molecular weight excluding hydrogens is 256 g/mol. The second kappa shape index (κ2) is 6.14. The van der Waals surface area contributed by atoms with Gasteiger partial charge < -0.3 is 9.47 Å². The van der Waals surface area contributed by atoms with E-state index in [1.807, 2.05) is 38.1 Å². The number of ether oxygens (including phenoxy) is 2. The van der Waals surface area contributed by atoms with Gasteiger partial charge in [-0.1, -0.05) is 12.1 Å². The van der Waals surface area contributed by atoms with E-state index in [4.69, 9.17) is 9.47 Å². The maximum absolute atomic E-state index is 11.9. The van der Waals surface area contributed by atoms with Crippen molar-refractivity contribution in [2.45, 2.75) is 13.8 Å². The van der Waals surface area contributed by atoms with Gasteiger partial charge in [0.2, 0.25) is 0 Å². The van der Waals surface area contributed by atoms with Crippen molar-refractivity contribution in [3.63, 3.8) is 0 Å². The van der Waals surface area contributed by atoms with Crippen molar-refractivity contribution in [1.29, 1.82) is 0 Å². The Bertz CT molecular complexity index is 585. The van der Waals surface area contributed by atoms with Crippen LogP contribution in [0.5, 0.6) is 11.5 Å². The van der Waals surface area contributed by atoms with E-state index in [0.29, 0.717) is 11.5 Å². The Kier molecular flexibility index (Phi) is 4.30. The molecule has 106 valence electrons. The van der Waals surface area contributed by atoms with Crippen molar-refractivity contribution >= 4 is 5.91 Å². The predicted octanol–water partition coefficient (Wildman–Crippen LogP) is 2.26. The molecule has 1 aromatic heterocycles. The normalized spacial score (nSPS) is 10.2. The Morgan fingerprint density at radius 3 is 2.30 bits per heavy atom. The van der Waals surface area contributed by atoms with E-state index in [1.54, 1.807) is 23.9 Å². The molecule has 1 N–H and O–H groups in total. The molecule has 5 heteroatoms. The Hall–Kier alpha value is -2.43. The van der Waals surface area contributed by atoms with Gasteiger partial charge in [0.25, 0.3) is 5.91 Å². The molecule has 0 saturated carbocycles. The van der Waals surface area contributed by atoms with Crippen LogP contribution in [0.1, 0.15) is 11.4 Å². The Balaban J connectivity index is 1.96. The molecular formula is C15H18N2O3. The molecule has 0 aliphatic heterocycles. The first-order valence-corrected chi connectivity index (χ1v) is 6.32. The van der Waals surface area contributed by atoms with Crippen LogP contribution in [-0.2, 0) is 4.79 Å². The van der Waals surface area contributed by atoms with Crippen molar-refractivity contribution in [3.8, 4) is 11.5 Å². The minimum absolute atomic E-state index is 0.0720. The molecule has 2 rings (SSSR count). The molecule has 20 heavy (non-hydrogen) atoms. The van der Waals surface area contributed by atoms with Crippen LogP contribution in [0.3, 0.4) is 0 Å². The van der Waals surface area contributed by atoms with E-state index >= 15 is 0 Å². The summed E-state index contributed by atoms with van der Waals surface area (Å²) in [5.74, 6) is 0.929. The minimum atomic E-state index is -0.224. The lowest BCUT2D eigenvalue weighted by Crippen LogP contribution is -2.29. The monoisotopic (exact) mass is 274 g/mol. The van der Waals surface area contributed by atoms with E-state index in [1.165, 1.54) is 0 Å². The zero-order valence-electron chi connectivity index (χ0n) is 11.8. The zero-order valence-corrected chi connectivity index (χ0v) is 11.8. The molecule has 2 aromatic rings. The predicted molar refractivity (Wildman–Crippen MR) is 76.8 cm³/mol. The van der Waals surface area contributed by atoms with Crippen molar-refractivity contribution in [2.75, 3.05) is 19.1 Å². The van der Waals surface area contributed by atoms with Gasteiger partial charge in [-0.15, -0.1) is 0 Å². The fourth-order valence-corrected chi connectivity index (χ4v) is 1.88. The lowest BCUT2D eigenvalue weighted by molar-refractivity contribution is -0.119. The Labute approximate surface area is 118 Å². The van der Waals surface area contributed by atoms with Gasteiger partial charge in [-0.25, -0.2) is 0 Å². The third kappa shape index (κ3) is 3.12. The highest BCUT2D eigenvalue weighted by Gasteiger charge is 2.09. The van der Waals surface area contributed by atoms with Crippen LogP contribution in [0, 0.1) is 13.8 Å². The average molecular weight is 274 g/mol. The number of hydrogen-bond acceptors (Lipinski definition) is 3. The number of benzene rings is 1. The summed E-state index contributed by atoms with van der Waals surface area (Å²) in [6, 6.07) is 11.1. The van der Waals surface area contributed by atoms with Crippen LogP contribution >= 0.6 is 0 Å². The van der Waals surface area contributed by atoms with E-state index in [-0.39, 0.29) is 12.5 Å². The highest BCUT2D eigenvalue weighted by atomic mass is 16.5. The summed E-state index contributed by atoms with van der Waals surface area (Å²) >= 11 is 0. The summed E-state index contributed by atoms with van der Waals surface area (Å²) in [6.07, 6.45) is 0. The second-order valence-electron chi connectivity index (χ2n) is 4.43. The van der Waals surface area contributed by atoms with Gasteiger partial charge in [0.05, 0.1) is 7.11 Å². The molecule has 0 aliphatic rings. The first-order valence-electron chi connectivity index (χ1n) is 6.32. The van der Waals surface area contributed by atoms with Crippen LogP contribution in [0.4, 0.5) is 0 Å². The quantitative estimate of drug-likeness (QED) is 0.910. The van der Waals surface area contributed by atoms with Crippen molar-refractivity contribution in [3.05, 3.63) is 47.8 Å². The van der Waals surface area contributed by atoms with E-state index in [0.717, 1.165) is 11.4 Å². The summed E-state index contributed by atoms with van der Waals surface area (Å²) < 4.78 is 12.4. The molecule has 1 amide bonds. The van der Waals surface area contributed by atoms with Crippen LogP contribution in [0.2, 0.25) is 0 Å². The third-order valence-electron chi connectivity index (χ3n) is 2.94. The number of carbonyl (C=O) groups is 1. The average Bonchev–Trinajstić information content (AvgIpc) is 2.77. The van der Waals surface area contributed by atoms with Gasteiger partial charge in [0, 0.05) is 11.4 Å². The lowest BCUT2D eigenvalue weighted by atomic mass is 10.3. The SMILES string of the molecule is COc1ccccc1OCC(=O)Nn1c(C)ccc1C. The first-order chi connectivity index (χ1) is 9.61. The molecule has 0 atom stereocenters. The number of methoxy groups -OCH3 is 1. The molecule has 0 unspecified atom stereocenters. The maximum atomic E-state index is 11.9. The number of nitrogens with one attached hydrogen (secondary N) is 1. The number of hydrogen-bond donors (Lipinski definition) is 1. The summed E-state index contributed by atoms with van der Waals surface area (Å²) in [5.41, 5.74) is 4.71. The molecule has 1 heterocycles. The molecule has 0 radical (unpaired) electrons. The largest absolute Gasteiger partial charge is 0.493 e. The summed E-state index contributed by atoms with van der Waals surface area (Å²) in [4.78, 5) is 11.9. The van der Waals surface area contributed by atoms with E-state index < -0.39 is 0 Å². The summed E-state index contributed by atoms with van der Waals surface area (Å²) in [7, 11) is 1.56. The smallest absolute Gasteiger partial charge is 0.276 e. The van der Waals surface area contributed by atoms with Crippen LogP contribution in [0.15, 0.2) is 36.4 Å². The first kappa shape index (κ1) is 14.0. The highest BCUT2D eigenvalue weighted by Crippen LogP contribution is 2.25. The summed E-state index contributed by atoms with van der Waals surface area (Å²) in [6.45, 7) is 3.78. The van der Waals surface area contributed by atoms with Crippen molar-refractivity contribution in [2.24, 2.45) is 0 Å². The van der Waals surface area contributed by atoms with Gasteiger partial charge in [0.15, 0.2) is 18.1 Å². The van der Waals surface area contributed by atoms with Crippen molar-refractivity contribution in [1.82, 2.24) is 4.68 Å². The van der Waals surface area contributed by atoms with E-state index in [2.05, 4.69) is 5.43 Å². The van der Waals surface area contributed by atoms with Crippen LogP contribution in [-0.4, -0.2) is 24.3 Å². The standard InChI is InChI=1S/C15H18N2O3/c1-11-8-9-12(2)17(11)16-15(18)10-20-14-7-5-4-6-13(14)19-3/h4-9H,10H2,1-3H3,(H,16,18). The highest BCUT2D eigenvalue weighted by molar-refractivity contribution is 5.85. The number of para-hydroxylation sites is 2. The molecule has 0 aliphatic carbocycles. The Morgan fingerprint density at radius 1 is 1.10 bits per heavy atom. The minimum Gasteiger partial charge on any atom is -0.493 e. The molecule has 0 fully saturated rings. The molecule has 0 spiro atoms.